The summed E-state index contributed by atoms with van der Waals surface area (Å²) in [5.41, 5.74) is 6.32. The van der Waals surface area contributed by atoms with Gasteiger partial charge in [0.1, 0.15) is 18.0 Å². The molecule has 1 fully saturated rings. The van der Waals surface area contributed by atoms with Crippen LogP contribution in [0.5, 0.6) is 0 Å². The van der Waals surface area contributed by atoms with Gasteiger partial charge in [-0.1, -0.05) is 0 Å². The second-order valence-electron chi connectivity index (χ2n) is 6.92. The van der Waals surface area contributed by atoms with Gasteiger partial charge in [-0.2, -0.15) is 18.2 Å². The van der Waals surface area contributed by atoms with Gasteiger partial charge in [0.15, 0.2) is 11.6 Å². The number of carboxylic acid groups (broad SMARTS) is 1. The minimum absolute atomic E-state index is 0.118. The van der Waals surface area contributed by atoms with Crippen LogP contribution in [0.2, 0.25) is 0 Å². The predicted molar refractivity (Wildman–Crippen MR) is 98.3 cm³/mol. The number of carboxylic acids is 1. The maximum Gasteiger partial charge on any atom is 0.490 e. The number of anilines is 1. The van der Waals surface area contributed by atoms with Gasteiger partial charge in [0.2, 0.25) is 0 Å². The highest BCUT2D eigenvalue weighted by Crippen LogP contribution is 2.32. The van der Waals surface area contributed by atoms with Crippen LogP contribution in [0.1, 0.15) is 17.9 Å². The molecule has 2 aromatic heterocycles. The van der Waals surface area contributed by atoms with E-state index in [9.17, 15) is 26.3 Å². The van der Waals surface area contributed by atoms with E-state index in [0.717, 1.165) is 6.07 Å². The number of carbonyl (C=O) groups is 1. The van der Waals surface area contributed by atoms with E-state index < -0.39 is 35.6 Å². The Morgan fingerprint density at radius 3 is 2.44 bits per heavy atom. The summed E-state index contributed by atoms with van der Waals surface area (Å²) in [6.07, 6.45) is -1.23. The molecule has 0 aliphatic carbocycles. The number of halogens is 6. The van der Waals surface area contributed by atoms with Crippen molar-refractivity contribution in [3.63, 3.8) is 0 Å². The molecule has 8 nitrogen and oxygen atoms in total. The summed E-state index contributed by atoms with van der Waals surface area (Å²) in [5, 5.41) is 14.8. The highest BCUT2D eigenvalue weighted by atomic mass is 19.4. The largest absolute Gasteiger partial charge is 0.490 e. The molecule has 1 aliphatic rings. The van der Waals surface area contributed by atoms with E-state index >= 15 is 0 Å². The monoisotopic (exact) mass is 462 g/mol. The Hall–Kier alpha value is -3.42. The standard InChI is InChI=1S/C16H15F3N6.C2HF3O2/c17-11-6-13(19)12(18)5-10(11)9-1-3-24(7-14(9)20)15-2-4-25-8-21-23-16(25)22-15;3-2(4,5)1(6)7/h2,4-6,8-9,14H,1,3,7,20H2;(H,6,7)/t9-,14+;/m1./s1. The molecule has 172 valence electrons. The fourth-order valence-corrected chi connectivity index (χ4v) is 3.28. The molecule has 0 amide bonds. The lowest BCUT2D eigenvalue weighted by molar-refractivity contribution is -0.192. The van der Waals surface area contributed by atoms with Crippen LogP contribution in [0.3, 0.4) is 0 Å². The van der Waals surface area contributed by atoms with Gasteiger partial charge in [0.25, 0.3) is 5.78 Å². The van der Waals surface area contributed by atoms with Crippen molar-refractivity contribution >= 4 is 17.6 Å². The van der Waals surface area contributed by atoms with Crippen LogP contribution >= 0.6 is 0 Å². The van der Waals surface area contributed by atoms with E-state index in [1.807, 2.05) is 11.0 Å². The average molecular weight is 462 g/mol. The molecule has 0 saturated carbocycles. The predicted octanol–water partition coefficient (Wildman–Crippen LogP) is 2.50. The summed E-state index contributed by atoms with van der Waals surface area (Å²) in [6.45, 7) is 0.981. The van der Waals surface area contributed by atoms with E-state index in [1.54, 1.807) is 16.9 Å². The van der Waals surface area contributed by atoms with E-state index in [2.05, 4.69) is 15.2 Å². The minimum Gasteiger partial charge on any atom is -0.475 e. The Labute approximate surface area is 176 Å². The normalized spacial score (nSPS) is 18.9. The number of hydrogen-bond donors (Lipinski definition) is 2. The zero-order valence-electron chi connectivity index (χ0n) is 16.1. The number of aliphatic carboxylic acids is 1. The van der Waals surface area contributed by atoms with Crippen molar-refractivity contribution < 1.29 is 36.2 Å². The SMILES string of the molecule is N[C@H]1CN(c2ccn3cnnc3n2)CC[C@@H]1c1cc(F)c(F)cc1F.O=C(O)C(F)(F)F. The van der Waals surface area contributed by atoms with Crippen LogP contribution < -0.4 is 10.6 Å². The maximum absolute atomic E-state index is 14.0. The Morgan fingerprint density at radius 1 is 1.16 bits per heavy atom. The summed E-state index contributed by atoms with van der Waals surface area (Å²) in [5.74, 6) is -5.01. The summed E-state index contributed by atoms with van der Waals surface area (Å²) >= 11 is 0. The number of rotatable bonds is 2. The number of fused-ring (bicyclic) bond motifs is 1. The van der Waals surface area contributed by atoms with Gasteiger partial charge in [-0.3, -0.25) is 4.40 Å². The molecule has 1 aromatic carbocycles. The molecular weight excluding hydrogens is 446 g/mol. The number of nitrogens with two attached hydrogens (primary N) is 1. The minimum atomic E-state index is -5.08. The molecule has 4 rings (SSSR count). The molecule has 1 saturated heterocycles. The molecule has 0 unspecified atom stereocenters. The van der Waals surface area contributed by atoms with Gasteiger partial charge in [0, 0.05) is 37.3 Å². The molecule has 0 bridgehead atoms. The number of alkyl halides is 3. The van der Waals surface area contributed by atoms with Gasteiger partial charge < -0.3 is 15.7 Å². The van der Waals surface area contributed by atoms with Crippen molar-refractivity contribution in [3.8, 4) is 0 Å². The van der Waals surface area contributed by atoms with Crippen LogP contribution in [0.15, 0.2) is 30.7 Å². The van der Waals surface area contributed by atoms with Crippen molar-refractivity contribution in [3.05, 3.63) is 53.7 Å². The zero-order chi connectivity index (χ0) is 23.6. The van der Waals surface area contributed by atoms with Crippen molar-refractivity contribution in [2.24, 2.45) is 5.73 Å². The summed E-state index contributed by atoms with van der Waals surface area (Å²) in [4.78, 5) is 15.3. The Balaban J connectivity index is 0.000000360. The molecule has 2 atom stereocenters. The van der Waals surface area contributed by atoms with Crippen molar-refractivity contribution in [2.45, 2.75) is 24.6 Å². The molecular formula is C18H16F6N6O2. The molecule has 32 heavy (non-hydrogen) atoms. The van der Waals surface area contributed by atoms with Crippen LogP contribution in [-0.2, 0) is 4.79 Å². The Bertz CT molecular complexity index is 1120. The van der Waals surface area contributed by atoms with Crippen LogP contribution in [0.25, 0.3) is 5.78 Å². The first kappa shape index (κ1) is 23.2. The average Bonchev–Trinajstić information content (AvgIpc) is 3.18. The third kappa shape index (κ3) is 5.07. The number of aromatic nitrogens is 4. The lowest BCUT2D eigenvalue weighted by Crippen LogP contribution is -2.48. The maximum atomic E-state index is 14.0. The highest BCUT2D eigenvalue weighted by molar-refractivity contribution is 5.73. The fourth-order valence-electron chi connectivity index (χ4n) is 3.28. The molecule has 3 aromatic rings. The summed E-state index contributed by atoms with van der Waals surface area (Å²) in [6, 6.07) is 2.86. The molecule has 3 heterocycles. The van der Waals surface area contributed by atoms with Crippen molar-refractivity contribution in [2.75, 3.05) is 18.0 Å². The third-order valence-corrected chi connectivity index (χ3v) is 4.82. The smallest absolute Gasteiger partial charge is 0.475 e. The first-order valence-electron chi connectivity index (χ1n) is 9.09. The fraction of sp³-hybridized carbons (Fsp3) is 0.333. The van der Waals surface area contributed by atoms with E-state index in [0.29, 0.717) is 37.2 Å². The van der Waals surface area contributed by atoms with Gasteiger partial charge in [0.05, 0.1) is 0 Å². The first-order valence-corrected chi connectivity index (χ1v) is 9.09. The lowest BCUT2D eigenvalue weighted by atomic mass is 9.85. The lowest BCUT2D eigenvalue weighted by Gasteiger charge is -2.37. The Morgan fingerprint density at radius 2 is 1.81 bits per heavy atom. The van der Waals surface area contributed by atoms with Gasteiger partial charge in [-0.15, -0.1) is 10.2 Å². The number of benzene rings is 1. The van der Waals surface area contributed by atoms with Crippen molar-refractivity contribution in [1.29, 1.82) is 0 Å². The zero-order valence-corrected chi connectivity index (χ0v) is 16.1. The quantitative estimate of drug-likeness (QED) is 0.445. The van der Waals surface area contributed by atoms with Gasteiger partial charge >= 0.3 is 12.1 Å². The van der Waals surface area contributed by atoms with Gasteiger partial charge in [-0.05, 0) is 24.1 Å². The highest BCUT2D eigenvalue weighted by Gasteiger charge is 2.38. The first-order chi connectivity index (χ1) is 15.0. The second kappa shape index (κ2) is 8.98. The third-order valence-electron chi connectivity index (χ3n) is 4.82. The van der Waals surface area contributed by atoms with Crippen LogP contribution in [0.4, 0.5) is 32.2 Å². The van der Waals surface area contributed by atoms with Crippen molar-refractivity contribution in [1.82, 2.24) is 19.6 Å². The molecule has 1 aliphatic heterocycles. The molecule has 3 N–H and O–H groups in total. The number of nitrogens with zero attached hydrogens (tertiary/aromatic N) is 5. The number of piperidine rings is 1. The molecule has 0 radical (unpaired) electrons. The Kier molecular flexibility index (Phi) is 6.52. The van der Waals surface area contributed by atoms with E-state index in [1.165, 1.54) is 0 Å². The van der Waals surface area contributed by atoms with E-state index in [-0.39, 0.29) is 11.5 Å². The summed E-state index contributed by atoms with van der Waals surface area (Å²) in [7, 11) is 0. The summed E-state index contributed by atoms with van der Waals surface area (Å²) < 4.78 is 74.1. The second-order valence-corrected chi connectivity index (χ2v) is 6.92. The van der Waals surface area contributed by atoms with Gasteiger partial charge in [-0.25, -0.2) is 18.0 Å². The number of hydrogen-bond acceptors (Lipinski definition) is 6. The van der Waals surface area contributed by atoms with E-state index in [4.69, 9.17) is 15.6 Å². The topological polar surface area (TPSA) is 110 Å². The molecule has 14 heteroatoms. The van der Waals surface area contributed by atoms with Crippen LogP contribution in [0, 0.1) is 17.5 Å². The molecule has 0 spiro atoms. The van der Waals surface area contributed by atoms with Crippen LogP contribution in [-0.4, -0.2) is 56.0 Å².